The predicted molar refractivity (Wildman–Crippen MR) is 145 cm³/mol. The third-order valence-electron chi connectivity index (χ3n) is 9.09. The second kappa shape index (κ2) is 6.40. The van der Waals surface area contributed by atoms with Gasteiger partial charge in [-0.25, -0.2) is 4.98 Å². The Labute approximate surface area is 207 Å². The molecule has 4 aromatic rings. The normalized spacial score (nSPS) is 27.8. The summed E-state index contributed by atoms with van der Waals surface area (Å²) in [5.74, 6) is 0. The van der Waals surface area contributed by atoms with E-state index in [0.717, 1.165) is 10.5 Å². The lowest BCUT2D eigenvalue weighted by molar-refractivity contribution is 0.264. The van der Waals surface area contributed by atoms with Gasteiger partial charge in [-0.05, 0) is 83.9 Å². The molecule has 3 aliphatic carbocycles. The van der Waals surface area contributed by atoms with Crippen LogP contribution >= 0.6 is 11.3 Å². The van der Waals surface area contributed by atoms with Crippen LogP contribution in [0.5, 0.6) is 0 Å². The third kappa shape index (κ3) is 2.64. The van der Waals surface area contributed by atoms with E-state index in [9.17, 15) is 0 Å². The quantitative estimate of drug-likeness (QED) is 0.274. The number of thiazole rings is 1. The lowest BCUT2D eigenvalue weighted by Gasteiger charge is -2.48. The summed E-state index contributed by atoms with van der Waals surface area (Å²) in [4.78, 5) is 5.03. The summed E-state index contributed by atoms with van der Waals surface area (Å²) in [6.07, 6.45) is 5.11. The highest BCUT2D eigenvalue weighted by molar-refractivity contribution is 7.21. The molecule has 0 bridgehead atoms. The Morgan fingerprint density at radius 1 is 0.706 bits per heavy atom. The van der Waals surface area contributed by atoms with Crippen molar-refractivity contribution in [3.63, 3.8) is 0 Å². The molecule has 1 aromatic heterocycles. The highest BCUT2D eigenvalue weighted by Gasteiger charge is 2.70. The predicted octanol–water partition coefficient (Wildman–Crippen LogP) is 9.07. The van der Waals surface area contributed by atoms with Crippen LogP contribution in [-0.2, 0) is 10.8 Å². The molecule has 2 heteroatoms. The number of hydrogen-bond donors (Lipinski definition) is 0. The Balaban J connectivity index is 1.54. The molecule has 172 valence electrons. The molecule has 0 spiro atoms. The maximum absolute atomic E-state index is 5.03. The van der Waals surface area contributed by atoms with Crippen molar-refractivity contribution < 1.29 is 0 Å². The average Bonchev–Trinajstić information content (AvgIpc) is 3.36. The van der Waals surface area contributed by atoms with Crippen molar-refractivity contribution in [2.75, 3.05) is 0 Å². The highest BCUT2D eigenvalue weighted by atomic mass is 32.1. The topological polar surface area (TPSA) is 12.9 Å². The van der Waals surface area contributed by atoms with Crippen LogP contribution in [-0.4, -0.2) is 4.98 Å². The third-order valence-corrected chi connectivity index (χ3v) is 10.2. The van der Waals surface area contributed by atoms with Crippen molar-refractivity contribution >= 4 is 21.6 Å². The smallest absolute Gasteiger partial charge is 0.124 e. The van der Waals surface area contributed by atoms with E-state index < -0.39 is 0 Å². The molecule has 3 aliphatic rings. The number of hydrogen-bond acceptors (Lipinski definition) is 2. The molecule has 2 saturated carbocycles. The minimum absolute atomic E-state index is 0.197. The van der Waals surface area contributed by atoms with E-state index in [2.05, 4.69) is 95.3 Å². The number of fused-ring (bicyclic) bond motifs is 4. The summed E-state index contributed by atoms with van der Waals surface area (Å²) >= 11 is 1.82. The van der Waals surface area contributed by atoms with Crippen molar-refractivity contribution in [2.24, 2.45) is 10.8 Å². The summed E-state index contributed by atoms with van der Waals surface area (Å²) in [7, 11) is 0. The van der Waals surface area contributed by atoms with Crippen LogP contribution in [0.4, 0.5) is 0 Å². The number of benzene rings is 3. The molecule has 0 radical (unpaired) electrons. The summed E-state index contributed by atoms with van der Waals surface area (Å²) < 4.78 is 1.27. The van der Waals surface area contributed by atoms with E-state index in [0.29, 0.717) is 10.8 Å². The van der Waals surface area contributed by atoms with Crippen LogP contribution in [0.25, 0.3) is 31.9 Å². The fourth-order valence-corrected chi connectivity index (χ4v) is 9.65. The SMILES string of the molecule is Cc1ccc2c(c1)C13CC(C)(C)CC1(CC(C)(C)C3)c1cc(-c3nc4ccccc4s3)ccc1-2. The molecule has 2 fully saturated rings. The fourth-order valence-electron chi connectivity index (χ4n) is 8.68. The number of para-hydroxylation sites is 1. The minimum atomic E-state index is 0.197. The van der Waals surface area contributed by atoms with Crippen molar-refractivity contribution in [2.45, 2.75) is 71.1 Å². The van der Waals surface area contributed by atoms with Gasteiger partial charge in [0.25, 0.3) is 0 Å². The van der Waals surface area contributed by atoms with Crippen LogP contribution in [0.2, 0.25) is 0 Å². The standard InChI is InChI=1S/C32H33NS/c1-20-10-12-22-23-13-11-21(28-33-26-8-6-7-9-27(26)34-28)15-25(23)32-18-29(2,3)16-31(32,24(22)14-20)17-30(4,5)19-32/h6-15H,16-19H2,1-5H3. The van der Waals surface area contributed by atoms with E-state index >= 15 is 0 Å². The fraction of sp³-hybridized carbons (Fsp3) is 0.406. The zero-order valence-corrected chi connectivity index (χ0v) is 21.8. The molecule has 0 aliphatic heterocycles. The molecule has 7 rings (SSSR count). The van der Waals surface area contributed by atoms with Crippen LogP contribution in [0.1, 0.15) is 70.1 Å². The van der Waals surface area contributed by atoms with Crippen LogP contribution in [0, 0.1) is 17.8 Å². The molecule has 0 saturated heterocycles. The van der Waals surface area contributed by atoms with Gasteiger partial charge < -0.3 is 0 Å². The van der Waals surface area contributed by atoms with Gasteiger partial charge >= 0.3 is 0 Å². The zero-order chi connectivity index (χ0) is 23.5. The first-order valence-electron chi connectivity index (χ1n) is 12.7. The molecule has 0 N–H and O–H groups in total. The van der Waals surface area contributed by atoms with Crippen molar-refractivity contribution in [3.05, 3.63) is 77.4 Å². The van der Waals surface area contributed by atoms with Crippen molar-refractivity contribution in [3.8, 4) is 21.7 Å². The van der Waals surface area contributed by atoms with Crippen molar-refractivity contribution in [1.82, 2.24) is 4.98 Å². The molecule has 3 aromatic carbocycles. The van der Waals surface area contributed by atoms with Crippen molar-refractivity contribution in [1.29, 1.82) is 0 Å². The lowest BCUT2D eigenvalue weighted by atomic mass is 9.55. The van der Waals surface area contributed by atoms with E-state index in [4.69, 9.17) is 4.98 Å². The molecule has 1 heterocycles. The first kappa shape index (κ1) is 20.9. The highest BCUT2D eigenvalue weighted by Crippen LogP contribution is 2.76. The van der Waals surface area contributed by atoms with Gasteiger partial charge in [0.2, 0.25) is 0 Å². The molecular formula is C32H33NS. The Morgan fingerprint density at radius 2 is 1.29 bits per heavy atom. The summed E-state index contributed by atoms with van der Waals surface area (Å²) in [6, 6.07) is 23.1. The molecule has 34 heavy (non-hydrogen) atoms. The Morgan fingerprint density at radius 3 is 1.94 bits per heavy atom. The Kier molecular flexibility index (Phi) is 3.93. The average molecular weight is 464 g/mol. The lowest BCUT2D eigenvalue weighted by Crippen LogP contribution is -2.43. The molecule has 0 atom stereocenters. The number of nitrogens with zero attached hydrogens (tertiary/aromatic N) is 1. The van der Waals surface area contributed by atoms with Gasteiger partial charge in [-0.2, -0.15) is 0 Å². The Hall–Kier alpha value is -2.45. The monoisotopic (exact) mass is 463 g/mol. The molecule has 0 unspecified atom stereocenters. The van der Waals surface area contributed by atoms with Gasteiger partial charge in [0.05, 0.1) is 10.2 Å². The van der Waals surface area contributed by atoms with E-state index in [-0.39, 0.29) is 10.8 Å². The summed E-state index contributed by atoms with van der Waals surface area (Å²) in [6.45, 7) is 12.3. The van der Waals surface area contributed by atoms with E-state index in [1.165, 1.54) is 52.6 Å². The van der Waals surface area contributed by atoms with Gasteiger partial charge in [0.1, 0.15) is 5.01 Å². The van der Waals surface area contributed by atoms with Crippen LogP contribution in [0.15, 0.2) is 60.7 Å². The van der Waals surface area contributed by atoms with Gasteiger partial charge in [-0.15, -0.1) is 11.3 Å². The molecule has 0 amide bonds. The minimum Gasteiger partial charge on any atom is -0.236 e. The second-order valence-corrected chi connectivity index (χ2v) is 14.0. The summed E-state index contributed by atoms with van der Waals surface area (Å²) in [5.41, 5.74) is 11.0. The maximum Gasteiger partial charge on any atom is 0.124 e. The van der Waals surface area contributed by atoms with Gasteiger partial charge in [-0.3, -0.25) is 0 Å². The number of aromatic nitrogens is 1. The molecule has 1 nitrogen and oxygen atoms in total. The van der Waals surface area contributed by atoms with E-state index in [1.807, 2.05) is 11.3 Å². The first-order valence-corrected chi connectivity index (χ1v) is 13.6. The maximum atomic E-state index is 5.03. The molecular weight excluding hydrogens is 430 g/mol. The largest absolute Gasteiger partial charge is 0.236 e. The number of rotatable bonds is 1. The van der Waals surface area contributed by atoms with Gasteiger partial charge in [0, 0.05) is 16.4 Å². The Bertz CT molecular complexity index is 1430. The van der Waals surface area contributed by atoms with E-state index in [1.54, 1.807) is 11.1 Å². The van der Waals surface area contributed by atoms with Crippen LogP contribution < -0.4 is 0 Å². The van der Waals surface area contributed by atoms with Crippen LogP contribution in [0.3, 0.4) is 0 Å². The second-order valence-electron chi connectivity index (χ2n) is 13.0. The number of aryl methyl sites for hydroxylation is 1. The van der Waals surface area contributed by atoms with Gasteiger partial charge in [-0.1, -0.05) is 75.7 Å². The van der Waals surface area contributed by atoms with Gasteiger partial charge in [0.15, 0.2) is 0 Å². The first-order chi connectivity index (χ1) is 16.1. The summed E-state index contributed by atoms with van der Waals surface area (Å²) in [5, 5.41) is 1.15. The zero-order valence-electron chi connectivity index (χ0n) is 21.0.